The number of rotatable bonds is 46. The molecule has 0 bridgehead atoms. The molecule has 1 saturated carbocycles. The molecule has 27 nitrogen and oxygen atoms in total. The van der Waals surface area contributed by atoms with Crippen LogP contribution >= 0.6 is 15.9 Å². The third-order valence-electron chi connectivity index (χ3n) is 16.1. The second-order valence-corrected chi connectivity index (χ2v) is 24.4. The van der Waals surface area contributed by atoms with Crippen LogP contribution in [0.15, 0.2) is 41.4 Å². The number of pyridine rings is 2. The topological polar surface area (TPSA) is 353 Å². The molecule has 2 fully saturated rings. The number of ether oxygens (including phenoxy) is 5. The Bertz CT molecular complexity index is 3100. The molecule has 1 saturated heterocycles. The Morgan fingerprint density at radius 2 is 1.27 bits per heavy atom. The molecule has 1 aliphatic carbocycles. The van der Waals surface area contributed by atoms with Crippen LogP contribution in [0.4, 0.5) is 5.82 Å². The summed E-state index contributed by atoms with van der Waals surface area (Å²) in [5.41, 5.74) is 2.24. The van der Waals surface area contributed by atoms with Crippen LogP contribution in [0.25, 0.3) is 22.2 Å². The van der Waals surface area contributed by atoms with Gasteiger partial charge in [0.1, 0.15) is 53.8 Å². The zero-order chi connectivity index (χ0) is 66.3. The van der Waals surface area contributed by atoms with Gasteiger partial charge in [-0.1, -0.05) is 90.0 Å². The number of hydrogen-bond acceptors (Lipinski definition) is 19. The molecule has 0 spiro atoms. The van der Waals surface area contributed by atoms with Crippen LogP contribution in [-0.4, -0.2) is 184 Å². The number of carboxylic acids is 1. The molecular formula is C64H91BrN12O15. The van der Waals surface area contributed by atoms with Gasteiger partial charge in [0.25, 0.3) is 0 Å². The standard InChI is InChI=1S/C64H91BrN12O15/c1-43-21-23-52(65)73-61(43)74-62(86)49-34-64(3)35-51(64)77(49)58(83)40-76-50-38-68-48(33-46(50)60(75-76)44(2)78)45-36-69-53(70-37-45)39-71-57(82)42-92-32-30-90-28-26-67-56(81)41-91-31-29-89-27-25-66-54(79)24-22-47(63(87)88-4)72-55(80)19-17-15-13-11-9-7-5-6-8-10-12-14-16-18-20-59(84)85/h21,23,33,36-38,47,49,51H,5-20,22,24-32,34-35,39-42H2,1-4H3,(H,66,79)(H,67,81)(H,71,82)(H,72,80)(H,84,85)(H,73,74,86)/t47-,49-,51+,64-/m0/s1. The van der Waals surface area contributed by atoms with Crippen molar-refractivity contribution < 1.29 is 71.9 Å². The predicted molar refractivity (Wildman–Crippen MR) is 341 cm³/mol. The van der Waals surface area contributed by atoms with Gasteiger partial charge in [0, 0.05) is 68.7 Å². The summed E-state index contributed by atoms with van der Waals surface area (Å²) >= 11 is 3.35. The highest BCUT2D eigenvalue weighted by molar-refractivity contribution is 9.10. The predicted octanol–water partition coefficient (Wildman–Crippen LogP) is 6.25. The van der Waals surface area contributed by atoms with Crippen molar-refractivity contribution in [2.75, 3.05) is 78.4 Å². The summed E-state index contributed by atoms with van der Waals surface area (Å²) in [5.74, 6) is -2.82. The first kappa shape index (κ1) is 73.6. The van der Waals surface area contributed by atoms with Crippen LogP contribution in [0.2, 0.25) is 0 Å². The molecule has 1 aliphatic heterocycles. The summed E-state index contributed by atoms with van der Waals surface area (Å²) < 4.78 is 28.6. The lowest BCUT2D eigenvalue weighted by molar-refractivity contribution is -0.145. The second-order valence-electron chi connectivity index (χ2n) is 23.6. The second kappa shape index (κ2) is 39.2. The van der Waals surface area contributed by atoms with E-state index in [0.717, 1.165) is 50.5 Å². The van der Waals surface area contributed by atoms with Crippen LogP contribution in [0, 0.1) is 12.3 Å². The average Bonchev–Trinajstić information content (AvgIpc) is 1.55. The third kappa shape index (κ3) is 25.2. The number of unbranched alkanes of at least 4 members (excludes halogenated alkanes) is 13. The van der Waals surface area contributed by atoms with Crippen LogP contribution in [-0.2, 0) is 75.1 Å². The molecule has 0 unspecified atom stereocenters. The van der Waals surface area contributed by atoms with Gasteiger partial charge in [-0.05, 0) is 78.1 Å². The van der Waals surface area contributed by atoms with E-state index in [1.807, 2.05) is 13.0 Å². The van der Waals surface area contributed by atoms with E-state index in [1.165, 1.54) is 69.9 Å². The van der Waals surface area contributed by atoms with E-state index >= 15 is 0 Å². The first-order chi connectivity index (χ1) is 44.3. The molecule has 6 rings (SSSR count). The lowest BCUT2D eigenvalue weighted by atomic mass is 10.0. The van der Waals surface area contributed by atoms with Crippen molar-refractivity contribution in [3.05, 3.63) is 58.5 Å². The van der Waals surface area contributed by atoms with Crippen LogP contribution in [0.3, 0.4) is 0 Å². The Morgan fingerprint density at radius 1 is 0.696 bits per heavy atom. The average molecular weight is 1350 g/mol. The number of esters is 1. The Morgan fingerprint density at radius 3 is 1.87 bits per heavy atom. The SMILES string of the molecule is COC(=O)[C@H](CCC(=O)NCCOCCOCC(=O)NCCOCCOCC(=O)NCc1ncc(-c2cc3c(C(C)=O)nn(CC(=O)N4[C@H](C(=O)Nc5nc(Br)ccc5C)C[C@@]5(C)C[C@@H]45)c3cn2)cn1)NC(=O)CCCCCCCCCCCCCCCCC(=O)O. The normalized spacial score (nSPS) is 15.9. The number of nitrogens with zero attached hydrogens (tertiary/aromatic N) is 7. The number of methoxy groups -OCH3 is 1. The zero-order valence-electron chi connectivity index (χ0n) is 53.5. The van der Waals surface area contributed by atoms with Gasteiger partial charge >= 0.3 is 11.9 Å². The summed E-state index contributed by atoms with van der Waals surface area (Å²) in [6.07, 6.45) is 21.7. The monoisotopic (exact) mass is 1350 g/mol. The largest absolute Gasteiger partial charge is 0.481 e. The maximum atomic E-state index is 14.1. The van der Waals surface area contributed by atoms with E-state index in [0.29, 0.717) is 57.7 Å². The van der Waals surface area contributed by atoms with Crippen molar-refractivity contribution in [1.29, 1.82) is 0 Å². The van der Waals surface area contributed by atoms with E-state index in [1.54, 1.807) is 29.4 Å². The van der Waals surface area contributed by atoms with Gasteiger partial charge in [-0.15, -0.1) is 0 Å². The molecule has 28 heteroatoms. The third-order valence-corrected chi connectivity index (χ3v) is 16.5. The first-order valence-electron chi connectivity index (χ1n) is 32.0. The molecule has 0 radical (unpaired) electrons. The van der Waals surface area contributed by atoms with E-state index in [9.17, 15) is 43.2 Å². The molecule has 6 N–H and O–H groups in total. The Balaban J connectivity index is 0.741. The number of likely N-dealkylation sites (tertiary alicyclic amines) is 1. The van der Waals surface area contributed by atoms with Gasteiger partial charge in [-0.3, -0.25) is 48.0 Å². The lowest BCUT2D eigenvalue weighted by Gasteiger charge is -2.27. The number of amides is 6. The number of nitrogens with one attached hydrogen (secondary N) is 5. The quantitative estimate of drug-likeness (QED) is 0.0123. The van der Waals surface area contributed by atoms with Crippen LogP contribution in [0.5, 0.6) is 0 Å². The van der Waals surface area contributed by atoms with Gasteiger partial charge in [0.15, 0.2) is 5.78 Å². The van der Waals surface area contributed by atoms with Crippen LogP contribution in [0.1, 0.15) is 164 Å². The summed E-state index contributed by atoms with van der Waals surface area (Å²) in [4.78, 5) is 133. The van der Waals surface area contributed by atoms with Crippen LogP contribution < -0.4 is 26.6 Å². The van der Waals surface area contributed by atoms with Gasteiger partial charge in [-0.2, -0.15) is 5.10 Å². The molecule has 0 aromatic carbocycles. The summed E-state index contributed by atoms with van der Waals surface area (Å²) in [6.45, 7) is 6.19. The van der Waals surface area contributed by atoms with Crippen molar-refractivity contribution >= 4 is 85.8 Å². The highest BCUT2D eigenvalue weighted by Crippen LogP contribution is 2.59. The number of hydrogen-bond donors (Lipinski definition) is 6. The molecule has 6 amide bonds. The van der Waals surface area contributed by atoms with Crippen molar-refractivity contribution in [2.24, 2.45) is 5.41 Å². The Hall–Kier alpha value is -7.40. The molecular weight excluding hydrogens is 1260 g/mol. The number of aryl methyl sites for hydroxylation is 1. The molecule has 4 aromatic rings. The molecule has 5 heterocycles. The van der Waals surface area contributed by atoms with E-state index in [4.69, 9.17) is 28.8 Å². The molecule has 4 aromatic heterocycles. The zero-order valence-corrected chi connectivity index (χ0v) is 55.1. The number of ketones is 1. The smallest absolute Gasteiger partial charge is 0.328 e. The molecule has 2 aliphatic rings. The number of Topliss-reactive ketones (excluding diaryl/α,β-unsaturated/α-hetero) is 1. The maximum absolute atomic E-state index is 14.1. The number of piperidine rings is 1. The summed E-state index contributed by atoms with van der Waals surface area (Å²) in [6, 6.07) is 3.59. The maximum Gasteiger partial charge on any atom is 0.328 e. The minimum atomic E-state index is -0.928. The molecule has 4 atom stereocenters. The van der Waals surface area contributed by atoms with E-state index < -0.39 is 29.9 Å². The number of aromatic nitrogens is 6. The first-order valence-corrected chi connectivity index (χ1v) is 32.8. The number of carbonyl (C=O) groups excluding carboxylic acids is 8. The van der Waals surface area contributed by atoms with Crippen molar-refractivity contribution in [3.63, 3.8) is 0 Å². The highest BCUT2D eigenvalue weighted by atomic mass is 79.9. The Kier molecular flexibility index (Phi) is 31.4. The fourth-order valence-electron chi connectivity index (χ4n) is 10.9. The van der Waals surface area contributed by atoms with Gasteiger partial charge in [0.05, 0.1) is 70.7 Å². The van der Waals surface area contributed by atoms with Gasteiger partial charge < -0.3 is 60.3 Å². The number of fused-ring (bicyclic) bond motifs is 2. The van der Waals surface area contributed by atoms with Gasteiger partial charge in [0.2, 0.25) is 35.4 Å². The highest BCUT2D eigenvalue weighted by Gasteiger charge is 2.64. The van der Waals surface area contributed by atoms with Crippen molar-refractivity contribution in [3.8, 4) is 11.3 Å². The number of carbonyl (C=O) groups is 9. The van der Waals surface area contributed by atoms with Gasteiger partial charge in [-0.25, -0.2) is 19.7 Å². The molecule has 504 valence electrons. The number of aliphatic carboxylic acids is 1. The number of anilines is 1. The van der Waals surface area contributed by atoms with E-state index in [-0.39, 0.29) is 151 Å². The van der Waals surface area contributed by atoms with Crippen molar-refractivity contribution in [1.82, 2.24) is 55.9 Å². The van der Waals surface area contributed by atoms with E-state index in [2.05, 4.69) is 74.5 Å². The summed E-state index contributed by atoms with van der Waals surface area (Å²) in [5, 5.41) is 27.4. The fraction of sp³-hybridized carbons (Fsp3) is 0.625. The fourth-order valence-corrected chi connectivity index (χ4v) is 11.2. The molecule has 92 heavy (non-hydrogen) atoms. The number of carboxylic acid groups (broad SMARTS) is 1. The van der Waals surface area contributed by atoms with Crippen molar-refractivity contribution in [2.45, 2.75) is 180 Å². The Labute approximate surface area is 545 Å². The lowest BCUT2D eigenvalue weighted by Crippen LogP contribution is -2.47. The minimum Gasteiger partial charge on any atom is -0.481 e. The number of halogens is 1. The summed E-state index contributed by atoms with van der Waals surface area (Å²) in [7, 11) is 1.24. The minimum absolute atomic E-state index is 0.000377.